The Kier molecular flexibility index (Phi) is 1.77. The van der Waals surface area contributed by atoms with Crippen LogP contribution in [-0.2, 0) is 9.53 Å². The van der Waals surface area contributed by atoms with E-state index in [0.717, 1.165) is 19.4 Å². The first kappa shape index (κ1) is 7.61. The first-order valence-corrected chi connectivity index (χ1v) is 4.09. The molecule has 0 aromatic carbocycles. The minimum Gasteiger partial charge on any atom is -0.469 e. The third-order valence-electron chi connectivity index (χ3n) is 2.45. The number of esters is 1. The fourth-order valence-corrected chi connectivity index (χ4v) is 1.79. The Morgan fingerprint density at radius 3 is 3.08 bits per heavy atom. The summed E-state index contributed by atoms with van der Waals surface area (Å²) in [5, 5.41) is 0. The van der Waals surface area contributed by atoms with Gasteiger partial charge < -0.3 is 10.2 Å². The minimum atomic E-state index is -0.0915. The Bertz CT molecular complexity index is 231. The van der Waals surface area contributed by atoms with Gasteiger partial charge >= 0.3 is 5.97 Å². The number of nitrogens with one attached hydrogen (secondary N) is 2. The van der Waals surface area contributed by atoms with Gasteiger partial charge in [-0.1, -0.05) is 0 Å². The molecule has 0 saturated heterocycles. The summed E-state index contributed by atoms with van der Waals surface area (Å²) in [4.78, 5) is 11.1. The molecule has 0 spiro atoms. The fraction of sp³-hybridized carbons (Fsp3) is 0.625. The van der Waals surface area contributed by atoms with Crippen molar-refractivity contribution in [1.82, 2.24) is 10.9 Å². The summed E-state index contributed by atoms with van der Waals surface area (Å²) in [6.07, 6.45) is 1.65. The molecule has 1 unspecified atom stereocenters. The Hall–Kier alpha value is -1.03. The molecule has 1 aliphatic carbocycles. The Balaban J connectivity index is 1.99. The zero-order valence-electron chi connectivity index (χ0n) is 7.02. The molecule has 4 heteroatoms. The molecule has 0 bridgehead atoms. The number of allylic oxidation sites excluding steroid dienone is 1. The van der Waals surface area contributed by atoms with E-state index in [1.54, 1.807) is 0 Å². The van der Waals surface area contributed by atoms with E-state index in [1.807, 2.05) is 0 Å². The maximum Gasteiger partial charge on any atom is 0.309 e. The van der Waals surface area contributed by atoms with Crippen LogP contribution in [0.2, 0.25) is 0 Å². The zero-order chi connectivity index (χ0) is 8.55. The molecule has 0 aromatic rings. The van der Waals surface area contributed by atoms with Gasteiger partial charge in [-0.05, 0) is 12.0 Å². The molecule has 0 radical (unpaired) electrons. The first-order chi connectivity index (χ1) is 5.81. The van der Waals surface area contributed by atoms with E-state index in [9.17, 15) is 4.79 Å². The second kappa shape index (κ2) is 2.79. The van der Waals surface area contributed by atoms with Crippen molar-refractivity contribution >= 4 is 5.97 Å². The molecule has 2 N–H and O–H groups in total. The molecule has 1 heterocycles. The lowest BCUT2D eigenvalue weighted by Crippen LogP contribution is -2.27. The second-order valence-corrected chi connectivity index (χ2v) is 3.19. The van der Waals surface area contributed by atoms with Gasteiger partial charge in [-0.2, -0.15) is 0 Å². The molecule has 1 aliphatic heterocycles. The largest absolute Gasteiger partial charge is 0.469 e. The number of methoxy groups -OCH3 is 1. The lowest BCUT2D eigenvalue weighted by atomic mass is 10.1. The van der Waals surface area contributed by atoms with Gasteiger partial charge in [0.25, 0.3) is 0 Å². The quantitative estimate of drug-likeness (QED) is 0.538. The average molecular weight is 168 g/mol. The Morgan fingerprint density at radius 1 is 1.58 bits per heavy atom. The molecule has 12 heavy (non-hydrogen) atoms. The number of carbonyl (C=O) groups is 1. The molecule has 1 atom stereocenters. The molecule has 4 nitrogen and oxygen atoms in total. The van der Waals surface area contributed by atoms with Crippen LogP contribution in [0.4, 0.5) is 0 Å². The van der Waals surface area contributed by atoms with Gasteiger partial charge in [0.1, 0.15) is 0 Å². The maximum absolute atomic E-state index is 11.1. The number of rotatable bonds is 1. The summed E-state index contributed by atoms with van der Waals surface area (Å²) >= 11 is 0. The van der Waals surface area contributed by atoms with Gasteiger partial charge in [-0.25, -0.2) is 5.43 Å². The van der Waals surface area contributed by atoms with Crippen molar-refractivity contribution in [2.24, 2.45) is 5.92 Å². The van der Waals surface area contributed by atoms with E-state index in [1.165, 1.54) is 18.4 Å². The first-order valence-electron chi connectivity index (χ1n) is 4.09. The highest BCUT2D eigenvalue weighted by Crippen LogP contribution is 2.31. The smallest absolute Gasteiger partial charge is 0.309 e. The third kappa shape index (κ3) is 1.08. The predicted octanol–water partition coefficient (Wildman–Crippen LogP) is -0.0687. The molecule has 66 valence electrons. The molecule has 0 saturated carbocycles. The highest BCUT2D eigenvalue weighted by molar-refractivity contribution is 5.74. The highest BCUT2D eigenvalue weighted by Gasteiger charge is 2.32. The van der Waals surface area contributed by atoms with Crippen LogP contribution in [0.1, 0.15) is 12.8 Å². The molecule has 0 aromatic heterocycles. The number of carbonyl (C=O) groups excluding carboxylic acids is 1. The highest BCUT2D eigenvalue weighted by atomic mass is 16.5. The van der Waals surface area contributed by atoms with Crippen LogP contribution in [0.3, 0.4) is 0 Å². The lowest BCUT2D eigenvalue weighted by molar-refractivity contribution is -0.145. The normalized spacial score (nSPS) is 26.9. The van der Waals surface area contributed by atoms with E-state index in [4.69, 9.17) is 0 Å². The van der Waals surface area contributed by atoms with Gasteiger partial charge in [-0.3, -0.25) is 4.79 Å². The molecule has 0 fully saturated rings. The van der Waals surface area contributed by atoms with Crippen LogP contribution in [0.15, 0.2) is 11.3 Å². The van der Waals surface area contributed by atoms with Gasteiger partial charge in [0.15, 0.2) is 0 Å². The van der Waals surface area contributed by atoms with Gasteiger partial charge in [-0.15, -0.1) is 0 Å². The van der Waals surface area contributed by atoms with Crippen LogP contribution < -0.4 is 10.9 Å². The van der Waals surface area contributed by atoms with E-state index >= 15 is 0 Å². The summed E-state index contributed by atoms with van der Waals surface area (Å²) in [5.41, 5.74) is 8.58. The minimum absolute atomic E-state index is 0.0506. The summed E-state index contributed by atoms with van der Waals surface area (Å²) in [5.74, 6) is -0.0409. The Morgan fingerprint density at radius 2 is 2.42 bits per heavy atom. The topological polar surface area (TPSA) is 50.4 Å². The van der Waals surface area contributed by atoms with Crippen molar-refractivity contribution in [2.45, 2.75) is 12.8 Å². The number of hydrogen-bond acceptors (Lipinski definition) is 4. The van der Waals surface area contributed by atoms with E-state index in [0.29, 0.717) is 0 Å². The molecule has 0 amide bonds. The summed E-state index contributed by atoms with van der Waals surface area (Å²) < 4.78 is 4.69. The molecule has 2 rings (SSSR count). The summed E-state index contributed by atoms with van der Waals surface area (Å²) in [6, 6.07) is 0. The third-order valence-corrected chi connectivity index (χ3v) is 2.45. The van der Waals surface area contributed by atoms with Crippen LogP contribution in [0.5, 0.6) is 0 Å². The van der Waals surface area contributed by atoms with E-state index in [2.05, 4.69) is 15.6 Å². The molecular weight excluding hydrogens is 156 g/mol. The van der Waals surface area contributed by atoms with Crippen LogP contribution in [0, 0.1) is 5.92 Å². The fourth-order valence-electron chi connectivity index (χ4n) is 1.79. The van der Waals surface area contributed by atoms with Crippen molar-refractivity contribution in [3.05, 3.63) is 11.3 Å². The van der Waals surface area contributed by atoms with Crippen molar-refractivity contribution < 1.29 is 9.53 Å². The zero-order valence-corrected chi connectivity index (χ0v) is 7.02. The van der Waals surface area contributed by atoms with Crippen molar-refractivity contribution in [2.75, 3.05) is 13.7 Å². The predicted molar refractivity (Wildman–Crippen MR) is 42.9 cm³/mol. The standard InChI is InChI=1S/C8H12N2O2/c1-12-8(11)5-2-6-4-9-10-7(6)3-5/h5,9-10H,2-4H2,1H3. The lowest BCUT2D eigenvalue weighted by Gasteiger charge is -2.09. The molecular formula is C8H12N2O2. The second-order valence-electron chi connectivity index (χ2n) is 3.19. The van der Waals surface area contributed by atoms with Gasteiger partial charge in [0, 0.05) is 18.7 Å². The van der Waals surface area contributed by atoms with Crippen LogP contribution in [0.25, 0.3) is 0 Å². The van der Waals surface area contributed by atoms with Crippen LogP contribution >= 0.6 is 0 Å². The summed E-state index contributed by atoms with van der Waals surface area (Å²) in [6.45, 7) is 0.864. The van der Waals surface area contributed by atoms with Crippen LogP contribution in [-0.4, -0.2) is 19.6 Å². The SMILES string of the molecule is COC(=O)C1CC2=C(C1)NNC2. The maximum atomic E-state index is 11.1. The van der Waals surface area contributed by atoms with Gasteiger partial charge in [0.2, 0.25) is 0 Å². The van der Waals surface area contributed by atoms with Gasteiger partial charge in [0.05, 0.1) is 13.0 Å². The summed E-state index contributed by atoms with van der Waals surface area (Å²) in [7, 11) is 1.44. The van der Waals surface area contributed by atoms with Crippen molar-refractivity contribution in [3.8, 4) is 0 Å². The number of hydrazine groups is 1. The van der Waals surface area contributed by atoms with Crippen molar-refractivity contribution in [1.29, 1.82) is 0 Å². The van der Waals surface area contributed by atoms with E-state index < -0.39 is 0 Å². The average Bonchev–Trinajstić information content (AvgIpc) is 2.60. The monoisotopic (exact) mass is 168 g/mol. The van der Waals surface area contributed by atoms with E-state index in [-0.39, 0.29) is 11.9 Å². The molecule has 2 aliphatic rings. The Labute approximate surface area is 70.9 Å². The number of hydrogen-bond donors (Lipinski definition) is 2. The number of ether oxygens (including phenoxy) is 1. The van der Waals surface area contributed by atoms with Crippen molar-refractivity contribution in [3.63, 3.8) is 0 Å².